The average molecular weight is 559 g/mol. The van der Waals surface area contributed by atoms with E-state index in [0.29, 0.717) is 34.4 Å². The highest BCUT2D eigenvalue weighted by molar-refractivity contribution is 5.88. The SMILES string of the molecule is CC(C)=CCc1c(O)cc2oc(C)cc(=O)c2c1O.COc1ccc(-c2coc3c(OC)c(O)ccc3c2=O)cc1. The van der Waals surface area contributed by atoms with Crippen molar-refractivity contribution in [2.45, 2.75) is 27.2 Å². The molecule has 2 aromatic heterocycles. The third-order valence-electron chi connectivity index (χ3n) is 6.39. The summed E-state index contributed by atoms with van der Waals surface area (Å²) in [7, 11) is 2.99. The summed E-state index contributed by atoms with van der Waals surface area (Å²) in [5.74, 6) is 0.942. The van der Waals surface area contributed by atoms with Gasteiger partial charge in [-0.1, -0.05) is 23.8 Å². The van der Waals surface area contributed by atoms with Gasteiger partial charge in [0.1, 0.15) is 40.2 Å². The zero-order chi connectivity index (χ0) is 29.8. The van der Waals surface area contributed by atoms with E-state index in [1.54, 1.807) is 38.3 Å². The van der Waals surface area contributed by atoms with E-state index >= 15 is 0 Å². The number of benzene rings is 3. The Labute approximate surface area is 235 Å². The maximum atomic E-state index is 12.6. The van der Waals surface area contributed by atoms with E-state index in [1.807, 2.05) is 19.9 Å². The van der Waals surface area contributed by atoms with Crippen LogP contribution in [0.3, 0.4) is 0 Å². The van der Waals surface area contributed by atoms with E-state index in [1.165, 1.54) is 37.6 Å². The van der Waals surface area contributed by atoms with Gasteiger partial charge in [-0.25, -0.2) is 0 Å². The van der Waals surface area contributed by atoms with E-state index in [2.05, 4.69) is 0 Å². The number of methoxy groups -OCH3 is 2. The Bertz CT molecular complexity index is 1870. The largest absolute Gasteiger partial charge is 0.507 e. The van der Waals surface area contributed by atoms with Crippen LogP contribution in [-0.4, -0.2) is 29.5 Å². The molecule has 3 N–H and O–H groups in total. The Morgan fingerprint density at radius 3 is 2.27 bits per heavy atom. The van der Waals surface area contributed by atoms with Crippen LogP contribution in [0.5, 0.6) is 28.7 Å². The summed E-state index contributed by atoms with van der Waals surface area (Å²) in [5, 5.41) is 30.3. The van der Waals surface area contributed by atoms with Gasteiger partial charge in [-0.2, -0.15) is 0 Å². The number of rotatable bonds is 5. The fourth-order valence-electron chi connectivity index (χ4n) is 4.29. The number of fused-ring (bicyclic) bond motifs is 2. The second kappa shape index (κ2) is 11.9. The molecule has 212 valence electrons. The van der Waals surface area contributed by atoms with Crippen LogP contribution in [0.1, 0.15) is 25.2 Å². The summed E-state index contributed by atoms with van der Waals surface area (Å²) >= 11 is 0. The first-order chi connectivity index (χ1) is 19.5. The highest BCUT2D eigenvalue weighted by Gasteiger charge is 2.17. The number of aromatic hydroxyl groups is 3. The van der Waals surface area contributed by atoms with Crippen molar-refractivity contribution in [3.8, 4) is 39.9 Å². The van der Waals surface area contributed by atoms with Crippen molar-refractivity contribution in [2.24, 2.45) is 0 Å². The Morgan fingerprint density at radius 1 is 0.927 bits per heavy atom. The lowest BCUT2D eigenvalue weighted by molar-refractivity contribution is 0.370. The van der Waals surface area contributed by atoms with Crippen molar-refractivity contribution in [3.05, 3.63) is 98.2 Å². The van der Waals surface area contributed by atoms with Crippen LogP contribution in [0, 0.1) is 6.92 Å². The van der Waals surface area contributed by atoms with Gasteiger partial charge >= 0.3 is 0 Å². The molecular weight excluding hydrogens is 528 g/mol. The van der Waals surface area contributed by atoms with Crippen LogP contribution in [0.4, 0.5) is 0 Å². The van der Waals surface area contributed by atoms with E-state index in [4.69, 9.17) is 18.3 Å². The fourth-order valence-corrected chi connectivity index (χ4v) is 4.29. The van der Waals surface area contributed by atoms with Crippen molar-refractivity contribution in [2.75, 3.05) is 14.2 Å². The highest BCUT2D eigenvalue weighted by Crippen LogP contribution is 2.36. The molecule has 0 bridgehead atoms. The Balaban J connectivity index is 0.000000191. The van der Waals surface area contributed by atoms with Gasteiger partial charge in [-0.3, -0.25) is 9.59 Å². The molecule has 0 radical (unpaired) electrons. The van der Waals surface area contributed by atoms with E-state index in [-0.39, 0.29) is 50.4 Å². The molecule has 0 saturated carbocycles. The van der Waals surface area contributed by atoms with E-state index in [0.717, 1.165) is 11.1 Å². The lowest BCUT2D eigenvalue weighted by Gasteiger charge is -2.08. The number of allylic oxidation sites excluding steroid dienone is 2. The molecule has 9 nitrogen and oxygen atoms in total. The molecule has 5 rings (SSSR count). The van der Waals surface area contributed by atoms with E-state index < -0.39 is 0 Å². The average Bonchev–Trinajstić information content (AvgIpc) is 2.93. The molecule has 9 heteroatoms. The van der Waals surface area contributed by atoms with Crippen LogP contribution in [0.15, 0.2) is 84.9 Å². The number of aryl methyl sites for hydroxylation is 1. The Morgan fingerprint density at radius 2 is 1.63 bits per heavy atom. The number of ether oxygens (including phenoxy) is 2. The first kappa shape index (κ1) is 28.8. The predicted octanol–water partition coefficient (Wildman–Crippen LogP) is 6.20. The zero-order valence-electron chi connectivity index (χ0n) is 23.3. The maximum Gasteiger partial charge on any atom is 0.204 e. The van der Waals surface area contributed by atoms with Gasteiger partial charge in [-0.15, -0.1) is 0 Å². The molecule has 5 aromatic rings. The smallest absolute Gasteiger partial charge is 0.204 e. The van der Waals surface area contributed by atoms with Crippen LogP contribution in [0.2, 0.25) is 0 Å². The summed E-state index contributed by atoms with van der Waals surface area (Å²) in [5.41, 5.74) is 2.48. The van der Waals surface area contributed by atoms with Crippen molar-refractivity contribution in [1.29, 1.82) is 0 Å². The third kappa shape index (κ3) is 5.89. The normalized spacial score (nSPS) is 10.7. The second-order valence-electron chi connectivity index (χ2n) is 9.50. The molecule has 41 heavy (non-hydrogen) atoms. The van der Waals surface area contributed by atoms with Gasteiger partial charge in [0.05, 0.1) is 25.2 Å². The van der Waals surface area contributed by atoms with Crippen LogP contribution < -0.4 is 20.3 Å². The minimum absolute atomic E-state index is 0.0729. The van der Waals surface area contributed by atoms with Crippen LogP contribution in [-0.2, 0) is 6.42 Å². The van der Waals surface area contributed by atoms with Gasteiger partial charge in [-0.05, 0) is 57.0 Å². The highest BCUT2D eigenvalue weighted by atomic mass is 16.5. The lowest BCUT2D eigenvalue weighted by atomic mass is 10.0. The monoisotopic (exact) mass is 558 g/mol. The first-order valence-electron chi connectivity index (χ1n) is 12.6. The predicted molar refractivity (Wildman–Crippen MR) is 156 cm³/mol. The fraction of sp³-hybridized carbons (Fsp3) is 0.188. The lowest BCUT2D eigenvalue weighted by Crippen LogP contribution is -2.05. The molecule has 0 amide bonds. The van der Waals surface area contributed by atoms with Gasteiger partial charge < -0.3 is 33.6 Å². The summed E-state index contributed by atoms with van der Waals surface area (Å²) in [6.07, 6.45) is 3.61. The molecular formula is C32H30O9. The van der Waals surface area contributed by atoms with Crippen LogP contribution in [0.25, 0.3) is 33.1 Å². The van der Waals surface area contributed by atoms with Crippen molar-refractivity contribution in [1.82, 2.24) is 0 Å². The molecule has 2 heterocycles. The minimum Gasteiger partial charge on any atom is -0.507 e. The standard InChI is InChI=1S/C17H14O5.C15H16O4/c1-20-11-5-3-10(4-6-11)13-9-22-16-12(15(13)19)7-8-14(18)17(16)21-2;1-8(2)4-5-10-11(16)7-13-14(15(10)18)12(17)6-9(3)19-13/h3-9,18H,1-2H3;4,6-7,16,18H,5H2,1-3H3. The topological polar surface area (TPSA) is 140 Å². The van der Waals surface area contributed by atoms with Gasteiger partial charge in [0.15, 0.2) is 16.8 Å². The molecule has 0 saturated heterocycles. The summed E-state index contributed by atoms with van der Waals surface area (Å²) < 4.78 is 21.1. The molecule has 0 atom stereocenters. The number of phenols is 3. The molecule has 0 aliphatic heterocycles. The van der Waals surface area contributed by atoms with Crippen molar-refractivity contribution >= 4 is 21.9 Å². The maximum absolute atomic E-state index is 12.6. The summed E-state index contributed by atoms with van der Waals surface area (Å²) in [6.45, 7) is 5.49. The van der Waals surface area contributed by atoms with Crippen LogP contribution >= 0.6 is 0 Å². The van der Waals surface area contributed by atoms with Gasteiger partial charge in [0, 0.05) is 17.7 Å². The summed E-state index contributed by atoms with van der Waals surface area (Å²) in [4.78, 5) is 24.5. The molecule has 0 fully saturated rings. The second-order valence-corrected chi connectivity index (χ2v) is 9.50. The van der Waals surface area contributed by atoms with Crippen molar-refractivity contribution in [3.63, 3.8) is 0 Å². The number of phenolic OH excluding ortho intramolecular Hbond substituents is 3. The van der Waals surface area contributed by atoms with Gasteiger partial charge in [0.2, 0.25) is 11.2 Å². The Hall–Kier alpha value is -5.18. The van der Waals surface area contributed by atoms with Crippen molar-refractivity contribution < 1.29 is 33.6 Å². The molecule has 0 unspecified atom stereocenters. The zero-order valence-corrected chi connectivity index (χ0v) is 23.3. The van der Waals surface area contributed by atoms with Gasteiger partial charge in [0.25, 0.3) is 0 Å². The quantitative estimate of drug-likeness (QED) is 0.215. The minimum atomic E-state index is -0.310. The molecule has 3 aromatic carbocycles. The molecule has 0 aliphatic carbocycles. The third-order valence-corrected chi connectivity index (χ3v) is 6.39. The number of hydrogen-bond donors (Lipinski definition) is 3. The number of hydrogen-bond acceptors (Lipinski definition) is 9. The molecule has 0 aliphatic rings. The summed E-state index contributed by atoms with van der Waals surface area (Å²) in [6, 6.07) is 12.7. The van der Waals surface area contributed by atoms with E-state index in [9.17, 15) is 24.9 Å². The molecule has 0 spiro atoms. The Kier molecular flexibility index (Phi) is 8.37. The first-order valence-corrected chi connectivity index (χ1v) is 12.6.